The monoisotopic (exact) mass is 435 g/mol. The van der Waals surface area contributed by atoms with Gasteiger partial charge in [-0.3, -0.25) is 5.43 Å². The van der Waals surface area contributed by atoms with Gasteiger partial charge in [-0.15, -0.1) is 22.7 Å². The Balaban J connectivity index is 1.74. The maximum Gasteiger partial charge on any atom is 0.204 e. The first-order valence-electron chi connectivity index (χ1n) is 9.01. The summed E-state index contributed by atoms with van der Waals surface area (Å²) in [5, 5.41) is 7.60. The molecule has 0 radical (unpaired) electrons. The Bertz CT molecular complexity index is 939. The molecule has 1 N–H and O–H groups in total. The van der Waals surface area contributed by atoms with Crippen molar-refractivity contribution >= 4 is 45.6 Å². The van der Waals surface area contributed by atoms with E-state index in [1.807, 2.05) is 37.4 Å². The van der Waals surface area contributed by atoms with Crippen LogP contribution in [-0.2, 0) is 0 Å². The van der Waals surface area contributed by atoms with Gasteiger partial charge in [-0.2, -0.15) is 5.10 Å². The zero-order valence-corrected chi connectivity index (χ0v) is 18.4. The Hall–Kier alpha value is -2.09. The van der Waals surface area contributed by atoms with Gasteiger partial charge in [0.15, 0.2) is 11.5 Å². The first kappa shape index (κ1) is 20.6. The number of nitrogens with one attached hydrogen (secondary N) is 1. The zero-order valence-electron chi connectivity index (χ0n) is 16.0. The minimum atomic E-state index is 0.505. The van der Waals surface area contributed by atoms with Crippen LogP contribution in [-0.4, -0.2) is 24.4 Å². The molecule has 148 valence electrons. The number of aryl methyl sites for hydroxylation is 1. The van der Waals surface area contributed by atoms with Crippen LogP contribution in [0.4, 0.5) is 5.13 Å². The number of nitrogens with zero attached hydrogens (tertiary/aromatic N) is 2. The highest BCUT2D eigenvalue weighted by atomic mass is 35.5. The van der Waals surface area contributed by atoms with Crippen LogP contribution in [0.15, 0.2) is 34.7 Å². The van der Waals surface area contributed by atoms with Crippen molar-refractivity contribution in [3.05, 3.63) is 45.1 Å². The number of anilines is 1. The van der Waals surface area contributed by atoms with E-state index in [1.54, 1.807) is 28.9 Å². The van der Waals surface area contributed by atoms with Crippen molar-refractivity contribution in [1.29, 1.82) is 0 Å². The summed E-state index contributed by atoms with van der Waals surface area (Å²) >= 11 is 9.64. The molecule has 2 heterocycles. The summed E-state index contributed by atoms with van der Waals surface area (Å²) in [6.45, 7) is 7.15. The first-order valence-corrected chi connectivity index (χ1v) is 11.1. The van der Waals surface area contributed by atoms with Crippen LogP contribution in [0.5, 0.6) is 11.5 Å². The second kappa shape index (κ2) is 9.91. The van der Waals surface area contributed by atoms with Crippen molar-refractivity contribution < 1.29 is 9.47 Å². The minimum absolute atomic E-state index is 0.505. The second-order valence-corrected chi connectivity index (χ2v) is 8.44. The third-order valence-electron chi connectivity index (χ3n) is 3.71. The number of ether oxygens (including phenoxy) is 2. The summed E-state index contributed by atoms with van der Waals surface area (Å²) in [7, 11) is 0. The fraction of sp³-hybridized carbons (Fsp3) is 0.300. The molecule has 0 fully saturated rings. The number of thiazole rings is 1. The average Bonchev–Trinajstić information content (AvgIpc) is 3.31. The molecule has 0 atom stereocenters. The fourth-order valence-electron chi connectivity index (χ4n) is 2.52. The van der Waals surface area contributed by atoms with Gasteiger partial charge in [0.25, 0.3) is 0 Å². The van der Waals surface area contributed by atoms with E-state index < -0.39 is 0 Å². The van der Waals surface area contributed by atoms with E-state index in [-0.39, 0.29) is 0 Å². The lowest BCUT2D eigenvalue weighted by Gasteiger charge is -2.13. The van der Waals surface area contributed by atoms with Crippen molar-refractivity contribution in [3.63, 3.8) is 0 Å². The second-order valence-electron chi connectivity index (χ2n) is 5.88. The van der Waals surface area contributed by atoms with Crippen LogP contribution >= 0.6 is 34.3 Å². The minimum Gasteiger partial charge on any atom is -0.490 e. The van der Waals surface area contributed by atoms with E-state index in [0.717, 1.165) is 32.6 Å². The van der Waals surface area contributed by atoms with Gasteiger partial charge in [0.05, 0.1) is 35.0 Å². The smallest absolute Gasteiger partial charge is 0.204 e. The summed E-state index contributed by atoms with van der Waals surface area (Å²) in [5.41, 5.74) is 4.82. The fourth-order valence-corrected chi connectivity index (χ4v) is 4.40. The Morgan fingerprint density at radius 2 is 2.14 bits per heavy atom. The Morgan fingerprint density at radius 3 is 2.86 bits per heavy atom. The molecule has 3 aromatic rings. The van der Waals surface area contributed by atoms with E-state index in [0.29, 0.717) is 29.7 Å². The lowest BCUT2D eigenvalue weighted by Crippen LogP contribution is -2.02. The maximum atomic E-state index is 6.39. The third-order valence-corrected chi connectivity index (χ3v) is 5.74. The molecule has 0 amide bonds. The number of halogens is 1. The molecule has 0 bridgehead atoms. The molecule has 0 spiro atoms. The Morgan fingerprint density at radius 1 is 1.29 bits per heavy atom. The normalized spacial score (nSPS) is 11.1. The van der Waals surface area contributed by atoms with Crippen molar-refractivity contribution in [2.45, 2.75) is 27.2 Å². The molecule has 0 saturated heterocycles. The van der Waals surface area contributed by atoms with Gasteiger partial charge in [-0.1, -0.05) is 24.6 Å². The number of thiophene rings is 1. The first-order chi connectivity index (χ1) is 13.6. The summed E-state index contributed by atoms with van der Waals surface area (Å²) < 4.78 is 11.4. The third kappa shape index (κ3) is 5.04. The van der Waals surface area contributed by atoms with E-state index in [1.165, 1.54) is 0 Å². The van der Waals surface area contributed by atoms with Crippen molar-refractivity contribution in [2.75, 3.05) is 18.6 Å². The summed E-state index contributed by atoms with van der Waals surface area (Å²) in [6, 6.07) is 7.77. The number of hydrogen-bond donors (Lipinski definition) is 1. The topological polar surface area (TPSA) is 55.7 Å². The number of rotatable bonds is 9. The van der Waals surface area contributed by atoms with Crippen molar-refractivity contribution in [2.24, 2.45) is 5.10 Å². The van der Waals surface area contributed by atoms with Crippen LogP contribution in [0, 0.1) is 6.92 Å². The molecule has 2 aromatic heterocycles. The standard InChI is InChI=1S/C20H22ClN3O2S2/c1-4-8-26-19-15(21)10-14(11-16(19)25-5-2)12-22-24-20-23-18(13(3)28-20)17-7-6-9-27-17/h6-7,9-12H,4-5,8H2,1-3H3,(H,23,24)/b22-12-. The molecular formula is C20H22ClN3O2S2. The SMILES string of the molecule is CCCOc1c(Cl)cc(/C=N\Nc2nc(-c3cccs3)c(C)s2)cc1OCC. The highest BCUT2D eigenvalue weighted by molar-refractivity contribution is 7.17. The van der Waals surface area contributed by atoms with E-state index in [4.69, 9.17) is 21.1 Å². The predicted molar refractivity (Wildman–Crippen MR) is 120 cm³/mol. The van der Waals surface area contributed by atoms with E-state index >= 15 is 0 Å². The zero-order chi connectivity index (χ0) is 19.9. The van der Waals surface area contributed by atoms with Crippen LogP contribution in [0.25, 0.3) is 10.6 Å². The quantitative estimate of drug-likeness (QED) is 0.309. The molecule has 0 aliphatic heterocycles. The van der Waals surface area contributed by atoms with Crippen LogP contribution in [0.1, 0.15) is 30.7 Å². The lowest BCUT2D eigenvalue weighted by molar-refractivity contribution is 0.277. The number of hydrazone groups is 1. The Labute approximate surface area is 178 Å². The van der Waals surface area contributed by atoms with Gasteiger partial charge in [-0.05, 0) is 49.4 Å². The maximum absolute atomic E-state index is 6.39. The van der Waals surface area contributed by atoms with Crippen molar-refractivity contribution in [1.82, 2.24) is 4.98 Å². The molecular weight excluding hydrogens is 414 g/mol. The number of benzene rings is 1. The van der Waals surface area contributed by atoms with Crippen molar-refractivity contribution in [3.8, 4) is 22.1 Å². The predicted octanol–water partition coefficient (Wildman–Crippen LogP) is 6.47. The van der Waals surface area contributed by atoms with Gasteiger partial charge in [0.1, 0.15) is 0 Å². The van der Waals surface area contributed by atoms with Gasteiger partial charge in [0.2, 0.25) is 5.13 Å². The molecule has 28 heavy (non-hydrogen) atoms. The van der Waals surface area contributed by atoms with Gasteiger partial charge >= 0.3 is 0 Å². The van der Waals surface area contributed by atoms with Crippen LogP contribution in [0.2, 0.25) is 5.02 Å². The van der Waals surface area contributed by atoms with Gasteiger partial charge in [-0.25, -0.2) is 4.98 Å². The molecule has 0 aliphatic carbocycles. The van der Waals surface area contributed by atoms with E-state index in [9.17, 15) is 0 Å². The largest absolute Gasteiger partial charge is 0.490 e. The molecule has 5 nitrogen and oxygen atoms in total. The summed E-state index contributed by atoms with van der Waals surface area (Å²) in [5.74, 6) is 1.20. The molecule has 3 rings (SSSR count). The van der Waals surface area contributed by atoms with Crippen LogP contribution < -0.4 is 14.9 Å². The molecule has 0 saturated carbocycles. The molecule has 1 aromatic carbocycles. The highest BCUT2D eigenvalue weighted by Crippen LogP contribution is 2.36. The van der Waals surface area contributed by atoms with Gasteiger partial charge < -0.3 is 9.47 Å². The number of hydrogen-bond acceptors (Lipinski definition) is 7. The summed E-state index contributed by atoms with van der Waals surface area (Å²) in [4.78, 5) is 6.94. The number of aromatic nitrogens is 1. The van der Waals surface area contributed by atoms with E-state index in [2.05, 4.69) is 28.5 Å². The summed E-state index contributed by atoms with van der Waals surface area (Å²) in [6.07, 6.45) is 2.59. The van der Waals surface area contributed by atoms with Gasteiger partial charge in [0, 0.05) is 4.88 Å². The molecule has 0 unspecified atom stereocenters. The Kier molecular flexibility index (Phi) is 7.30. The van der Waals surface area contributed by atoms with Crippen LogP contribution in [0.3, 0.4) is 0 Å². The lowest BCUT2D eigenvalue weighted by atomic mass is 10.2. The molecule has 8 heteroatoms. The average molecular weight is 436 g/mol. The highest BCUT2D eigenvalue weighted by Gasteiger charge is 2.12. The molecule has 0 aliphatic rings.